The predicted octanol–water partition coefficient (Wildman–Crippen LogP) is 1.33. The van der Waals surface area contributed by atoms with Crippen LogP contribution in [0.15, 0.2) is 30.3 Å². The van der Waals surface area contributed by atoms with Crippen molar-refractivity contribution in [2.75, 3.05) is 19.7 Å². The van der Waals surface area contributed by atoms with Gasteiger partial charge in [-0.1, -0.05) is 43.7 Å². The molecule has 0 bridgehead atoms. The highest BCUT2D eigenvalue weighted by Crippen LogP contribution is 2.23. The van der Waals surface area contributed by atoms with Crippen LogP contribution in [0.25, 0.3) is 0 Å². The summed E-state index contributed by atoms with van der Waals surface area (Å²) in [5, 5.41) is 9.03. The zero-order valence-electron chi connectivity index (χ0n) is 12.5. The highest BCUT2D eigenvalue weighted by atomic mass is 16.6. The van der Waals surface area contributed by atoms with Crippen LogP contribution in [-0.2, 0) is 16.2 Å². The molecule has 1 amide bonds. The Balaban J connectivity index is 1.86. The van der Waals surface area contributed by atoms with E-state index >= 15 is 0 Å². The van der Waals surface area contributed by atoms with Crippen molar-refractivity contribution < 1.29 is 14.7 Å². The number of β-amino-alcohol motifs (C(OH)–C–C–N with tert-alkyl or cyclic N) is 1. The molecule has 1 aliphatic heterocycles. The second kappa shape index (κ2) is 8.12. The van der Waals surface area contributed by atoms with Gasteiger partial charge in [-0.25, -0.2) is 0 Å². The number of amides is 1. The number of rotatable bonds is 8. The molecule has 1 saturated heterocycles. The van der Waals surface area contributed by atoms with Gasteiger partial charge in [0.15, 0.2) is 0 Å². The molecule has 1 fully saturated rings. The Hall–Kier alpha value is -1.43. The number of carbonyl (C=O) groups is 1. The molecule has 1 aromatic rings. The van der Waals surface area contributed by atoms with Crippen molar-refractivity contribution in [3.8, 4) is 0 Å². The Morgan fingerprint density at radius 3 is 2.81 bits per heavy atom. The molecule has 5 heteroatoms. The lowest BCUT2D eigenvalue weighted by Crippen LogP contribution is -2.36. The summed E-state index contributed by atoms with van der Waals surface area (Å²) in [6, 6.07) is 9.91. The average molecular weight is 292 g/mol. The van der Waals surface area contributed by atoms with Crippen LogP contribution in [0.4, 0.5) is 0 Å². The van der Waals surface area contributed by atoms with Crippen molar-refractivity contribution >= 4 is 5.91 Å². The van der Waals surface area contributed by atoms with Crippen molar-refractivity contribution in [3.63, 3.8) is 0 Å². The molecule has 5 nitrogen and oxygen atoms in total. The summed E-state index contributed by atoms with van der Waals surface area (Å²) in [6.07, 6.45) is 1.80. The summed E-state index contributed by atoms with van der Waals surface area (Å²) < 4.78 is 0. The number of hydrogen-bond donors (Lipinski definition) is 2. The zero-order chi connectivity index (χ0) is 15.1. The lowest BCUT2D eigenvalue weighted by molar-refractivity contribution is -0.132. The summed E-state index contributed by atoms with van der Waals surface area (Å²) in [4.78, 5) is 19.5. The maximum atomic E-state index is 12.2. The van der Waals surface area contributed by atoms with E-state index in [2.05, 4.69) is 12.4 Å². The Morgan fingerprint density at radius 2 is 2.14 bits per heavy atom. The number of carbonyl (C=O) groups excluding carboxylic acids is 1. The number of aliphatic hydroxyl groups is 1. The highest BCUT2D eigenvalue weighted by Gasteiger charge is 2.39. The molecule has 1 heterocycles. The molecule has 0 saturated carbocycles. The SMILES string of the molecule is CCC[C@@H]1C(=O)N(CCO)C[C@H]1NOCc1ccccc1. The first kappa shape index (κ1) is 15.9. The molecule has 0 aromatic heterocycles. The third-order valence-corrected chi connectivity index (χ3v) is 3.82. The number of likely N-dealkylation sites (tertiary alicyclic amines) is 1. The molecule has 2 rings (SSSR count). The van der Waals surface area contributed by atoms with E-state index in [1.165, 1.54) is 0 Å². The number of aliphatic hydroxyl groups excluding tert-OH is 1. The van der Waals surface area contributed by atoms with Gasteiger partial charge < -0.3 is 10.0 Å². The smallest absolute Gasteiger partial charge is 0.227 e. The molecule has 21 heavy (non-hydrogen) atoms. The Morgan fingerprint density at radius 1 is 1.38 bits per heavy atom. The summed E-state index contributed by atoms with van der Waals surface area (Å²) >= 11 is 0. The van der Waals surface area contributed by atoms with Crippen molar-refractivity contribution in [3.05, 3.63) is 35.9 Å². The fourth-order valence-corrected chi connectivity index (χ4v) is 2.74. The van der Waals surface area contributed by atoms with E-state index in [4.69, 9.17) is 9.94 Å². The number of nitrogens with one attached hydrogen (secondary N) is 1. The van der Waals surface area contributed by atoms with Crippen LogP contribution in [0, 0.1) is 5.92 Å². The minimum Gasteiger partial charge on any atom is -0.395 e. The first-order valence-electron chi connectivity index (χ1n) is 7.57. The molecule has 0 aliphatic carbocycles. The van der Waals surface area contributed by atoms with Crippen molar-refractivity contribution in [1.29, 1.82) is 0 Å². The van der Waals surface area contributed by atoms with Crippen LogP contribution in [0.1, 0.15) is 25.3 Å². The topological polar surface area (TPSA) is 61.8 Å². The number of hydroxylamine groups is 1. The normalized spacial score (nSPS) is 22.0. The number of benzene rings is 1. The van der Waals surface area contributed by atoms with E-state index in [0.29, 0.717) is 19.7 Å². The fraction of sp³-hybridized carbons (Fsp3) is 0.562. The lowest BCUT2D eigenvalue weighted by Gasteiger charge is -2.17. The first-order valence-corrected chi connectivity index (χ1v) is 7.57. The van der Waals surface area contributed by atoms with E-state index in [1.54, 1.807) is 4.90 Å². The minimum atomic E-state index is -0.0580. The summed E-state index contributed by atoms with van der Waals surface area (Å²) in [7, 11) is 0. The van der Waals surface area contributed by atoms with Gasteiger partial charge in [0.25, 0.3) is 0 Å². The van der Waals surface area contributed by atoms with Gasteiger partial charge >= 0.3 is 0 Å². The minimum absolute atomic E-state index is 0.00216. The van der Waals surface area contributed by atoms with Gasteiger partial charge in [0.2, 0.25) is 5.91 Å². The zero-order valence-corrected chi connectivity index (χ0v) is 12.5. The molecule has 2 atom stereocenters. The second-order valence-electron chi connectivity index (χ2n) is 5.40. The third kappa shape index (κ3) is 4.27. The molecule has 0 spiro atoms. The summed E-state index contributed by atoms with van der Waals surface area (Å²) in [5.41, 5.74) is 4.13. The van der Waals surface area contributed by atoms with Gasteiger partial charge in [-0.3, -0.25) is 9.63 Å². The maximum absolute atomic E-state index is 12.2. The van der Waals surface area contributed by atoms with Crippen LogP contribution in [0.3, 0.4) is 0 Å². The Kier molecular flexibility index (Phi) is 6.17. The third-order valence-electron chi connectivity index (χ3n) is 3.82. The summed E-state index contributed by atoms with van der Waals surface area (Å²) in [6.45, 7) is 3.55. The van der Waals surface area contributed by atoms with Crippen LogP contribution in [0.5, 0.6) is 0 Å². The van der Waals surface area contributed by atoms with Gasteiger partial charge in [-0.05, 0) is 12.0 Å². The Labute approximate surface area is 125 Å². The average Bonchev–Trinajstić information content (AvgIpc) is 2.78. The molecule has 1 aromatic carbocycles. The highest BCUT2D eigenvalue weighted by molar-refractivity contribution is 5.82. The number of hydrogen-bond acceptors (Lipinski definition) is 4. The van der Waals surface area contributed by atoms with Crippen molar-refractivity contribution in [2.45, 2.75) is 32.4 Å². The van der Waals surface area contributed by atoms with E-state index < -0.39 is 0 Å². The molecule has 1 aliphatic rings. The Bertz CT molecular complexity index is 438. The van der Waals surface area contributed by atoms with Crippen LogP contribution < -0.4 is 5.48 Å². The van der Waals surface area contributed by atoms with Gasteiger partial charge in [0, 0.05) is 13.1 Å². The fourth-order valence-electron chi connectivity index (χ4n) is 2.74. The van der Waals surface area contributed by atoms with E-state index in [1.807, 2.05) is 30.3 Å². The quantitative estimate of drug-likeness (QED) is 0.710. The summed E-state index contributed by atoms with van der Waals surface area (Å²) in [5.74, 6) is 0.0593. The van der Waals surface area contributed by atoms with Crippen molar-refractivity contribution in [1.82, 2.24) is 10.4 Å². The maximum Gasteiger partial charge on any atom is 0.227 e. The van der Waals surface area contributed by atoms with Crippen LogP contribution in [0.2, 0.25) is 0 Å². The molecular weight excluding hydrogens is 268 g/mol. The van der Waals surface area contributed by atoms with Crippen LogP contribution >= 0.6 is 0 Å². The molecule has 0 unspecified atom stereocenters. The molecule has 0 radical (unpaired) electrons. The largest absolute Gasteiger partial charge is 0.395 e. The van der Waals surface area contributed by atoms with Crippen LogP contribution in [-0.4, -0.2) is 41.7 Å². The molecule has 116 valence electrons. The monoisotopic (exact) mass is 292 g/mol. The number of nitrogens with zero attached hydrogens (tertiary/aromatic N) is 1. The van der Waals surface area contributed by atoms with E-state index in [0.717, 1.165) is 18.4 Å². The van der Waals surface area contributed by atoms with Gasteiger partial charge in [0.1, 0.15) is 0 Å². The van der Waals surface area contributed by atoms with Gasteiger partial charge in [-0.2, -0.15) is 5.48 Å². The van der Waals surface area contributed by atoms with Gasteiger partial charge in [-0.15, -0.1) is 0 Å². The standard InChI is InChI=1S/C16H24N2O3/c1-2-6-14-15(11-18(9-10-19)16(14)20)17-21-12-13-7-4-3-5-8-13/h3-5,7-8,14-15,17,19H,2,6,9-12H2,1H3/t14-,15+/m0/s1. The second-order valence-corrected chi connectivity index (χ2v) is 5.40. The van der Waals surface area contributed by atoms with Crippen molar-refractivity contribution in [2.24, 2.45) is 5.92 Å². The molecule has 2 N–H and O–H groups in total. The van der Waals surface area contributed by atoms with E-state index in [-0.39, 0.29) is 24.5 Å². The van der Waals surface area contributed by atoms with E-state index in [9.17, 15) is 4.79 Å². The van der Waals surface area contributed by atoms with Gasteiger partial charge in [0.05, 0.1) is 25.2 Å². The predicted molar refractivity (Wildman–Crippen MR) is 80.2 cm³/mol. The lowest BCUT2D eigenvalue weighted by atomic mass is 9.98. The molecular formula is C16H24N2O3. The first-order chi connectivity index (χ1) is 10.3.